The van der Waals surface area contributed by atoms with E-state index in [0.29, 0.717) is 36.9 Å². The molecular formula is C18H23NO2. The summed E-state index contributed by atoms with van der Waals surface area (Å²) in [6, 6.07) is 2.16. The van der Waals surface area contributed by atoms with Crippen LogP contribution in [0.5, 0.6) is 0 Å². The molecule has 0 aliphatic heterocycles. The largest absolute Gasteiger partial charge is 0.299 e. The highest BCUT2D eigenvalue weighted by Gasteiger charge is 2.55. The molecule has 2 fully saturated rings. The van der Waals surface area contributed by atoms with Crippen LogP contribution in [-0.4, -0.2) is 11.6 Å². The molecule has 0 amide bonds. The molecule has 112 valence electrons. The SMILES string of the molecule is CC[C@]12CCC3=C(CCC#N)C(=O)CCC3[C@@H]1CCC2=O. The van der Waals surface area contributed by atoms with Crippen LogP contribution in [0.2, 0.25) is 0 Å². The maximum absolute atomic E-state index is 12.4. The molecule has 0 N–H and O–H groups in total. The van der Waals surface area contributed by atoms with Gasteiger partial charge in [0, 0.05) is 24.7 Å². The van der Waals surface area contributed by atoms with Crippen LogP contribution in [0, 0.1) is 28.6 Å². The van der Waals surface area contributed by atoms with Gasteiger partial charge in [-0.1, -0.05) is 12.5 Å². The molecule has 3 aliphatic rings. The second-order valence-electron chi connectivity index (χ2n) is 6.81. The summed E-state index contributed by atoms with van der Waals surface area (Å²) in [7, 11) is 0. The van der Waals surface area contributed by atoms with E-state index in [-0.39, 0.29) is 11.2 Å². The fraction of sp³-hybridized carbons (Fsp3) is 0.722. The van der Waals surface area contributed by atoms with E-state index in [2.05, 4.69) is 13.0 Å². The van der Waals surface area contributed by atoms with Gasteiger partial charge in [-0.2, -0.15) is 5.26 Å². The Balaban J connectivity index is 1.97. The molecule has 2 saturated carbocycles. The second-order valence-corrected chi connectivity index (χ2v) is 6.81. The van der Waals surface area contributed by atoms with Crippen LogP contribution in [0.15, 0.2) is 11.1 Å². The van der Waals surface area contributed by atoms with Crippen molar-refractivity contribution in [1.82, 2.24) is 0 Å². The van der Waals surface area contributed by atoms with Crippen molar-refractivity contribution in [2.24, 2.45) is 17.3 Å². The van der Waals surface area contributed by atoms with Crippen molar-refractivity contribution in [3.63, 3.8) is 0 Å². The molecule has 3 heteroatoms. The summed E-state index contributed by atoms with van der Waals surface area (Å²) in [6.07, 6.45) is 7.06. The zero-order valence-electron chi connectivity index (χ0n) is 12.8. The molecule has 1 unspecified atom stereocenters. The Morgan fingerprint density at radius 1 is 1.24 bits per heavy atom. The smallest absolute Gasteiger partial charge is 0.158 e. The third kappa shape index (κ3) is 2.08. The van der Waals surface area contributed by atoms with E-state index in [1.807, 2.05) is 0 Å². The van der Waals surface area contributed by atoms with Gasteiger partial charge in [-0.15, -0.1) is 0 Å². The highest BCUT2D eigenvalue weighted by Crippen LogP contribution is 2.58. The number of carbonyl (C=O) groups is 2. The summed E-state index contributed by atoms with van der Waals surface area (Å²) in [5, 5.41) is 8.81. The van der Waals surface area contributed by atoms with Crippen molar-refractivity contribution in [3.8, 4) is 6.07 Å². The van der Waals surface area contributed by atoms with Gasteiger partial charge >= 0.3 is 0 Å². The van der Waals surface area contributed by atoms with Crippen molar-refractivity contribution < 1.29 is 9.59 Å². The summed E-state index contributed by atoms with van der Waals surface area (Å²) >= 11 is 0. The lowest BCUT2D eigenvalue weighted by molar-refractivity contribution is -0.129. The van der Waals surface area contributed by atoms with Crippen LogP contribution in [0.4, 0.5) is 0 Å². The Hall–Kier alpha value is -1.43. The highest BCUT2D eigenvalue weighted by atomic mass is 16.1. The fourth-order valence-electron chi connectivity index (χ4n) is 5.20. The molecule has 0 radical (unpaired) electrons. The second kappa shape index (κ2) is 5.40. The van der Waals surface area contributed by atoms with E-state index in [4.69, 9.17) is 5.26 Å². The zero-order valence-corrected chi connectivity index (χ0v) is 12.8. The molecule has 0 aromatic heterocycles. The van der Waals surface area contributed by atoms with Crippen LogP contribution in [0.25, 0.3) is 0 Å². The topological polar surface area (TPSA) is 57.9 Å². The molecule has 3 nitrogen and oxygen atoms in total. The van der Waals surface area contributed by atoms with Gasteiger partial charge < -0.3 is 0 Å². The van der Waals surface area contributed by atoms with Crippen molar-refractivity contribution >= 4 is 11.6 Å². The first-order valence-corrected chi connectivity index (χ1v) is 8.29. The van der Waals surface area contributed by atoms with E-state index < -0.39 is 0 Å². The van der Waals surface area contributed by atoms with E-state index in [1.54, 1.807) is 0 Å². The summed E-state index contributed by atoms with van der Waals surface area (Å²) < 4.78 is 0. The molecule has 3 atom stereocenters. The van der Waals surface area contributed by atoms with Gasteiger partial charge in [0.2, 0.25) is 0 Å². The minimum absolute atomic E-state index is 0.102. The number of Topliss-reactive ketones (excluding diaryl/α,β-unsaturated/α-hetero) is 2. The van der Waals surface area contributed by atoms with Crippen LogP contribution in [-0.2, 0) is 9.59 Å². The molecule has 0 heterocycles. The van der Waals surface area contributed by atoms with Crippen molar-refractivity contribution in [3.05, 3.63) is 11.1 Å². The van der Waals surface area contributed by atoms with Gasteiger partial charge in [-0.3, -0.25) is 9.59 Å². The van der Waals surface area contributed by atoms with E-state index in [9.17, 15) is 9.59 Å². The number of ketones is 2. The quantitative estimate of drug-likeness (QED) is 0.793. The summed E-state index contributed by atoms with van der Waals surface area (Å²) in [5.74, 6) is 1.59. The number of rotatable bonds is 3. The van der Waals surface area contributed by atoms with E-state index >= 15 is 0 Å². The van der Waals surface area contributed by atoms with Crippen LogP contribution < -0.4 is 0 Å². The summed E-state index contributed by atoms with van der Waals surface area (Å²) in [4.78, 5) is 24.7. The number of allylic oxidation sites excluding steroid dienone is 2. The lowest BCUT2D eigenvalue weighted by atomic mass is 9.57. The molecule has 21 heavy (non-hydrogen) atoms. The van der Waals surface area contributed by atoms with Gasteiger partial charge in [0.25, 0.3) is 0 Å². The Kier molecular flexibility index (Phi) is 3.73. The first-order chi connectivity index (χ1) is 10.1. The minimum Gasteiger partial charge on any atom is -0.299 e. The third-order valence-corrected chi connectivity index (χ3v) is 6.25. The molecule has 0 aromatic carbocycles. The number of hydrogen-bond acceptors (Lipinski definition) is 3. The van der Waals surface area contributed by atoms with E-state index in [0.717, 1.165) is 44.1 Å². The van der Waals surface area contributed by atoms with Gasteiger partial charge in [0.05, 0.1) is 6.07 Å². The van der Waals surface area contributed by atoms with Crippen LogP contribution in [0.3, 0.4) is 0 Å². The Morgan fingerprint density at radius 3 is 2.76 bits per heavy atom. The number of hydrogen-bond donors (Lipinski definition) is 0. The van der Waals surface area contributed by atoms with Crippen molar-refractivity contribution in [2.75, 3.05) is 0 Å². The lowest BCUT2D eigenvalue weighted by Crippen LogP contribution is -2.42. The monoisotopic (exact) mass is 285 g/mol. The standard InChI is InChI=1S/C18H23NO2/c1-2-18-10-9-12-13(15(18)6-8-17(18)21)5-7-16(20)14(12)4-3-11-19/h13,15H,2-10H2,1H3/t13?,15-,18-/m0/s1. The molecular weight excluding hydrogens is 262 g/mol. The zero-order chi connectivity index (χ0) is 15.0. The van der Waals surface area contributed by atoms with Gasteiger partial charge in [0.15, 0.2) is 5.78 Å². The molecule has 3 aliphatic carbocycles. The number of nitriles is 1. The first-order valence-electron chi connectivity index (χ1n) is 8.29. The van der Waals surface area contributed by atoms with Crippen molar-refractivity contribution in [2.45, 2.75) is 64.7 Å². The van der Waals surface area contributed by atoms with Crippen LogP contribution >= 0.6 is 0 Å². The molecule has 3 rings (SSSR count). The lowest BCUT2D eigenvalue weighted by Gasteiger charge is -2.46. The van der Waals surface area contributed by atoms with Crippen LogP contribution in [0.1, 0.15) is 64.7 Å². The van der Waals surface area contributed by atoms with Gasteiger partial charge in [-0.05, 0) is 55.9 Å². The number of fused-ring (bicyclic) bond motifs is 3. The molecule has 0 bridgehead atoms. The predicted molar refractivity (Wildman–Crippen MR) is 79.3 cm³/mol. The average molecular weight is 285 g/mol. The molecule has 0 aromatic rings. The summed E-state index contributed by atoms with van der Waals surface area (Å²) in [6.45, 7) is 2.15. The third-order valence-electron chi connectivity index (χ3n) is 6.25. The summed E-state index contributed by atoms with van der Waals surface area (Å²) in [5.41, 5.74) is 2.15. The van der Waals surface area contributed by atoms with Gasteiger partial charge in [0.1, 0.15) is 5.78 Å². The molecule has 0 spiro atoms. The Morgan fingerprint density at radius 2 is 2.05 bits per heavy atom. The maximum atomic E-state index is 12.4. The van der Waals surface area contributed by atoms with Gasteiger partial charge in [-0.25, -0.2) is 0 Å². The fourth-order valence-corrected chi connectivity index (χ4v) is 5.20. The number of nitrogens with zero attached hydrogens (tertiary/aromatic N) is 1. The van der Waals surface area contributed by atoms with Crippen molar-refractivity contribution in [1.29, 1.82) is 5.26 Å². The predicted octanol–water partition coefficient (Wildman–Crippen LogP) is 3.74. The number of carbonyl (C=O) groups excluding carboxylic acids is 2. The highest BCUT2D eigenvalue weighted by molar-refractivity contribution is 5.97. The first kappa shape index (κ1) is 14.5. The Labute approximate surface area is 126 Å². The van der Waals surface area contributed by atoms with E-state index in [1.165, 1.54) is 5.57 Å². The normalized spacial score (nSPS) is 35.4. The average Bonchev–Trinajstić information content (AvgIpc) is 2.84. The minimum atomic E-state index is -0.102. The maximum Gasteiger partial charge on any atom is 0.158 e. The Bertz CT molecular complexity index is 554. The molecule has 0 saturated heterocycles.